The summed E-state index contributed by atoms with van der Waals surface area (Å²) in [6.45, 7) is 1.50. The van der Waals surface area contributed by atoms with E-state index in [0.717, 1.165) is 4.57 Å². The summed E-state index contributed by atoms with van der Waals surface area (Å²) < 4.78 is 47.1. The first-order chi connectivity index (χ1) is 16.8. The molecule has 0 saturated carbocycles. The molecule has 2 atom stereocenters. The molecule has 2 amide bonds. The molecular weight excluding hydrogens is 506 g/mol. The minimum atomic E-state index is -1.69. The van der Waals surface area contributed by atoms with Gasteiger partial charge in [0.1, 0.15) is 24.9 Å². The molecule has 0 aliphatic heterocycles. The molecule has 36 heavy (non-hydrogen) atoms. The zero-order chi connectivity index (χ0) is 27.2. The Labute approximate surface area is 205 Å². The summed E-state index contributed by atoms with van der Waals surface area (Å²) in [4.78, 5) is 60.5. The lowest BCUT2D eigenvalue weighted by molar-refractivity contribution is -0.140. The van der Waals surface area contributed by atoms with Crippen molar-refractivity contribution >= 4 is 43.8 Å². The van der Waals surface area contributed by atoms with Crippen molar-refractivity contribution in [1.29, 1.82) is 0 Å². The van der Waals surface area contributed by atoms with E-state index in [4.69, 9.17) is 9.84 Å². The Morgan fingerprint density at radius 3 is 2.44 bits per heavy atom. The normalized spacial score (nSPS) is 11.6. The summed E-state index contributed by atoms with van der Waals surface area (Å²) in [5, 5.41) is 13.3. The summed E-state index contributed by atoms with van der Waals surface area (Å²) >= 11 is 0. The molecule has 0 aliphatic rings. The average molecular weight is 529 g/mol. The van der Waals surface area contributed by atoms with E-state index in [-0.39, 0.29) is 11.0 Å². The van der Waals surface area contributed by atoms with Gasteiger partial charge in [-0.1, -0.05) is 13.8 Å². The number of Topliss-reactive ketones (excluding diaryl/α,β-unsaturated/α-hetero) is 1. The summed E-state index contributed by atoms with van der Waals surface area (Å²) in [7, 11) is 1.82. The van der Waals surface area contributed by atoms with Gasteiger partial charge in [0.15, 0.2) is 23.2 Å². The van der Waals surface area contributed by atoms with Crippen LogP contribution in [0.15, 0.2) is 29.2 Å². The number of halogens is 3. The topological polar surface area (TPSA) is 144 Å². The Kier molecular flexibility index (Phi) is 9.74. The second kappa shape index (κ2) is 12.3. The Balaban J connectivity index is 2.14. The molecule has 0 spiro atoms. The Hall–Kier alpha value is -3.73. The minimum Gasteiger partial charge on any atom is -0.481 e. The third-order valence-electron chi connectivity index (χ3n) is 4.72. The standard InChI is InChI=1S/C22H23F3N3O7P/c1-10(2)21(33)27-12-4-3-5-28(22(12)34)8-16(30)26-13(7-17(31)32)14(29)9-35-20-18(24)11(23)6-15(36)19(20)25/h3-6,10,13H,7-9,36H2,1-2H3,(H,26,30)(H,27,33)(H,31,32). The number of carbonyl (C=O) groups is 4. The quantitative estimate of drug-likeness (QED) is 0.291. The van der Waals surface area contributed by atoms with Crippen molar-refractivity contribution in [3.63, 3.8) is 0 Å². The maximum absolute atomic E-state index is 14.1. The maximum Gasteiger partial charge on any atom is 0.305 e. The van der Waals surface area contributed by atoms with Gasteiger partial charge in [0.2, 0.25) is 17.6 Å². The molecule has 1 heterocycles. The van der Waals surface area contributed by atoms with Gasteiger partial charge >= 0.3 is 5.97 Å². The van der Waals surface area contributed by atoms with Crippen LogP contribution in [-0.4, -0.2) is 45.9 Å². The molecular formula is C22H23F3N3O7P. The van der Waals surface area contributed by atoms with Gasteiger partial charge in [0, 0.05) is 17.4 Å². The highest BCUT2D eigenvalue weighted by Crippen LogP contribution is 2.24. The SMILES string of the molecule is CC(C)C(=O)Nc1cccn(CC(=O)NC(CC(=O)O)C(=O)COc2c(F)c(F)cc(P)c2F)c1=O. The van der Waals surface area contributed by atoms with Crippen LogP contribution in [0.25, 0.3) is 0 Å². The van der Waals surface area contributed by atoms with Gasteiger partial charge in [0.05, 0.1) is 6.42 Å². The number of nitrogens with zero attached hydrogens (tertiary/aromatic N) is 1. The summed E-state index contributed by atoms with van der Waals surface area (Å²) in [6.07, 6.45) is 0.330. The molecule has 1 aromatic heterocycles. The Morgan fingerprint density at radius 2 is 1.83 bits per heavy atom. The molecule has 2 rings (SSSR count). The summed E-state index contributed by atoms with van der Waals surface area (Å²) in [5.41, 5.74) is -0.820. The van der Waals surface area contributed by atoms with E-state index in [1.165, 1.54) is 18.3 Å². The highest BCUT2D eigenvalue weighted by molar-refractivity contribution is 7.27. The first-order valence-electron chi connectivity index (χ1n) is 10.4. The van der Waals surface area contributed by atoms with E-state index in [1.807, 2.05) is 9.24 Å². The van der Waals surface area contributed by atoms with Crippen molar-refractivity contribution in [3.8, 4) is 5.75 Å². The number of carboxylic acid groups (broad SMARTS) is 1. The van der Waals surface area contributed by atoms with Gasteiger partial charge < -0.3 is 25.0 Å². The minimum absolute atomic E-state index is 0.0943. The first-order valence-corrected chi connectivity index (χ1v) is 11.0. The molecule has 2 unspecified atom stereocenters. The number of hydrogen-bond donors (Lipinski definition) is 3. The number of nitrogens with one attached hydrogen (secondary N) is 2. The van der Waals surface area contributed by atoms with Gasteiger partial charge in [-0.05, 0) is 18.2 Å². The number of aromatic nitrogens is 1. The van der Waals surface area contributed by atoms with Crippen molar-refractivity contribution in [3.05, 3.63) is 52.2 Å². The van der Waals surface area contributed by atoms with Gasteiger partial charge in [-0.15, -0.1) is 9.24 Å². The molecule has 0 fully saturated rings. The summed E-state index contributed by atoms with van der Waals surface area (Å²) in [5.74, 6) is -9.94. The van der Waals surface area contributed by atoms with Gasteiger partial charge in [0.25, 0.3) is 5.56 Å². The van der Waals surface area contributed by atoms with E-state index in [1.54, 1.807) is 13.8 Å². The van der Waals surface area contributed by atoms with Crippen molar-refractivity contribution in [2.75, 3.05) is 11.9 Å². The van der Waals surface area contributed by atoms with Crippen LogP contribution in [-0.2, 0) is 25.7 Å². The lowest BCUT2D eigenvalue weighted by atomic mass is 10.1. The largest absolute Gasteiger partial charge is 0.481 e. The molecule has 2 aromatic rings. The van der Waals surface area contributed by atoms with Crippen LogP contribution in [0, 0.1) is 23.4 Å². The number of ether oxygens (including phenoxy) is 1. The smallest absolute Gasteiger partial charge is 0.305 e. The fourth-order valence-electron chi connectivity index (χ4n) is 2.82. The zero-order valence-corrected chi connectivity index (χ0v) is 20.3. The second-order valence-electron chi connectivity index (χ2n) is 7.88. The Morgan fingerprint density at radius 1 is 1.17 bits per heavy atom. The van der Waals surface area contributed by atoms with Crippen molar-refractivity contribution < 1.29 is 42.2 Å². The number of hydrogen-bond acceptors (Lipinski definition) is 6. The van der Waals surface area contributed by atoms with Crippen LogP contribution < -0.4 is 26.2 Å². The third kappa shape index (κ3) is 7.38. The Bertz CT molecular complexity index is 1220. The van der Waals surface area contributed by atoms with Crippen LogP contribution in [0.5, 0.6) is 5.75 Å². The lowest BCUT2D eigenvalue weighted by Gasteiger charge is -2.17. The van der Waals surface area contributed by atoms with Crippen LogP contribution in [0.1, 0.15) is 20.3 Å². The van der Waals surface area contributed by atoms with E-state index >= 15 is 0 Å². The molecule has 0 aliphatic carbocycles. The number of pyridine rings is 1. The number of carbonyl (C=O) groups excluding carboxylic acids is 3. The van der Waals surface area contributed by atoms with E-state index < -0.39 is 83.9 Å². The maximum atomic E-state index is 14.1. The number of benzene rings is 1. The molecule has 0 radical (unpaired) electrons. The van der Waals surface area contributed by atoms with Crippen molar-refractivity contribution in [2.45, 2.75) is 32.9 Å². The average Bonchev–Trinajstić information content (AvgIpc) is 2.79. The molecule has 14 heteroatoms. The van der Waals surface area contributed by atoms with Crippen LogP contribution >= 0.6 is 9.24 Å². The van der Waals surface area contributed by atoms with E-state index in [0.29, 0.717) is 6.07 Å². The second-order valence-corrected chi connectivity index (χ2v) is 8.50. The molecule has 0 bridgehead atoms. The fourth-order valence-corrected chi connectivity index (χ4v) is 3.10. The zero-order valence-electron chi connectivity index (χ0n) is 19.1. The van der Waals surface area contributed by atoms with E-state index in [9.17, 15) is 37.1 Å². The number of anilines is 1. The highest BCUT2D eigenvalue weighted by atomic mass is 31.0. The first kappa shape index (κ1) is 28.5. The lowest BCUT2D eigenvalue weighted by Crippen LogP contribution is -2.46. The summed E-state index contributed by atoms with van der Waals surface area (Å²) in [6, 6.07) is 1.59. The third-order valence-corrected chi connectivity index (χ3v) is 5.14. The monoisotopic (exact) mass is 529 g/mol. The molecule has 0 saturated heterocycles. The molecule has 3 N–H and O–H groups in total. The van der Waals surface area contributed by atoms with Gasteiger partial charge in [-0.2, -0.15) is 4.39 Å². The number of carboxylic acids is 1. The van der Waals surface area contributed by atoms with Gasteiger partial charge in [-0.3, -0.25) is 24.0 Å². The van der Waals surface area contributed by atoms with Crippen molar-refractivity contribution in [2.24, 2.45) is 5.92 Å². The van der Waals surface area contributed by atoms with Gasteiger partial charge in [-0.25, -0.2) is 8.78 Å². The fraction of sp³-hybridized carbons (Fsp3) is 0.318. The van der Waals surface area contributed by atoms with Crippen LogP contribution in [0.2, 0.25) is 0 Å². The van der Waals surface area contributed by atoms with E-state index in [2.05, 4.69) is 10.6 Å². The van der Waals surface area contributed by atoms with Crippen LogP contribution in [0.4, 0.5) is 18.9 Å². The predicted molar refractivity (Wildman–Crippen MR) is 125 cm³/mol. The van der Waals surface area contributed by atoms with Crippen molar-refractivity contribution in [1.82, 2.24) is 9.88 Å². The molecule has 1 aromatic carbocycles. The predicted octanol–water partition coefficient (Wildman–Crippen LogP) is 0.968. The number of amides is 2. The highest BCUT2D eigenvalue weighted by Gasteiger charge is 2.26. The molecule has 194 valence electrons. The number of aliphatic carboxylic acids is 1. The molecule has 10 nitrogen and oxygen atoms in total. The number of ketones is 1. The van der Waals surface area contributed by atoms with Crippen LogP contribution in [0.3, 0.4) is 0 Å². The number of rotatable bonds is 11.